The Balaban J connectivity index is 5.20. The molecule has 17 nitrogen and oxygen atoms in total. The molecule has 110 heavy (non-hydrogen) atoms. The van der Waals surface area contributed by atoms with Crippen molar-refractivity contribution in [1.82, 2.24) is 0 Å². The lowest BCUT2D eigenvalue weighted by Gasteiger charge is -2.21. The Morgan fingerprint density at radius 1 is 0.255 bits per heavy atom. The minimum atomic E-state index is -4.97. The van der Waals surface area contributed by atoms with Gasteiger partial charge in [0, 0.05) is 25.7 Å². The molecule has 0 aliphatic carbocycles. The number of esters is 4. The molecule has 0 aromatic rings. The lowest BCUT2D eigenvalue weighted by atomic mass is 9.99. The number of rotatable bonds is 88. The molecular weight excluding hydrogens is 1430 g/mol. The predicted octanol–water partition coefficient (Wildman–Crippen LogP) is 27.9. The Kier molecular flexibility index (Phi) is 78.1. The van der Waals surface area contributed by atoms with E-state index in [-0.39, 0.29) is 25.7 Å². The van der Waals surface area contributed by atoms with E-state index < -0.39 is 97.5 Å². The van der Waals surface area contributed by atoms with Crippen LogP contribution in [0.3, 0.4) is 0 Å². The van der Waals surface area contributed by atoms with Gasteiger partial charge in [-0.05, 0) is 49.4 Å². The highest BCUT2D eigenvalue weighted by atomic mass is 31.2. The van der Waals surface area contributed by atoms with E-state index in [2.05, 4.69) is 55.4 Å². The van der Waals surface area contributed by atoms with Crippen molar-refractivity contribution in [3.05, 3.63) is 0 Å². The van der Waals surface area contributed by atoms with Crippen LogP contribution in [0.2, 0.25) is 0 Å². The first-order chi connectivity index (χ1) is 53.1. The number of phosphoric ester groups is 2. The molecule has 0 fully saturated rings. The summed E-state index contributed by atoms with van der Waals surface area (Å²) in [6.45, 7) is 14.4. The zero-order valence-electron chi connectivity index (χ0n) is 72.9. The van der Waals surface area contributed by atoms with Gasteiger partial charge in [0.2, 0.25) is 0 Å². The zero-order valence-corrected chi connectivity index (χ0v) is 74.7. The maximum absolute atomic E-state index is 13.2. The van der Waals surface area contributed by atoms with Gasteiger partial charge in [-0.1, -0.05) is 428 Å². The van der Waals surface area contributed by atoms with Gasteiger partial charge in [0.1, 0.15) is 19.3 Å². The van der Waals surface area contributed by atoms with Crippen molar-refractivity contribution in [2.24, 2.45) is 23.7 Å². The first kappa shape index (κ1) is 108. The molecule has 0 aromatic carbocycles. The van der Waals surface area contributed by atoms with E-state index in [0.29, 0.717) is 31.6 Å². The van der Waals surface area contributed by atoms with Crippen molar-refractivity contribution in [3.8, 4) is 0 Å². The number of phosphoric acid groups is 2. The van der Waals surface area contributed by atoms with E-state index in [9.17, 15) is 43.2 Å². The quantitative estimate of drug-likeness (QED) is 0.0222. The summed E-state index contributed by atoms with van der Waals surface area (Å²) in [6, 6.07) is 0. The van der Waals surface area contributed by atoms with Gasteiger partial charge < -0.3 is 33.8 Å². The molecule has 3 N–H and O–H groups in total. The number of unbranched alkanes of at least 4 members (excludes halogenated alkanes) is 53. The summed E-state index contributed by atoms with van der Waals surface area (Å²) in [6.07, 6.45) is 71.0. The van der Waals surface area contributed by atoms with Gasteiger partial charge in [0.05, 0.1) is 26.4 Å². The fraction of sp³-hybridized carbons (Fsp3) is 0.956. The largest absolute Gasteiger partial charge is 0.472 e. The highest BCUT2D eigenvalue weighted by Gasteiger charge is 2.31. The van der Waals surface area contributed by atoms with E-state index in [4.69, 9.17) is 37.0 Å². The van der Waals surface area contributed by atoms with E-state index in [1.165, 1.54) is 276 Å². The fourth-order valence-corrected chi connectivity index (χ4v) is 15.7. The second kappa shape index (κ2) is 79.5. The van der Waals surface area contributed by atoms with Crippen molar-refractivity contribution in [1.29, 1.82) is 0 Å². The Labute approximate surface area is 677 Å². The highest BCUT2D eigenvalue weighted by molar-refractivity contribution is 7.47. The maximum Gasteiger partial charge on any atom is 0.472 e. The van der Waals surface area contributed by atoms with E-state index >= 15 is 0 Å². The van der Waals surface area contributed by atoms with Gasteiger partial charge in [-0.3, -0.25) is 37.3 Å². The normalized spacial score (nSPS) is 14.1. The van der Waals surface area contributed by atoms with Crippen molar-refractivity contribution >= 4 is 39.5 Å². The molecule has 0 saturated heterocycles. The SMILES string of the molecule is CCC(C)CCCCCCCCCCCCCCCCCCCCC(=O)OC[C@H](COP(=O)(O)OCC(O)COP(=O)(O)OC[C@@H](COC(=O)CCCCCCCCCC(C)C)OC(=O)CCCCCCCCCCCCCCCCCCCCC(C)C)OC(=O)CCCCCCCCCCCCCCCCC(C)C. The Bertz CT molecular complexity index is 2130. The number of hydrogen-bond donors (Lipinski definition) is 3. The first-order valence-electron chi connectivity index (χ1n) is 46.7. The van der Waals surface area contributed by atoms with E-state index in [1.54, 1.807) is 0 Å². The van der Waals surface area contributed by atoms with Gasteiger partial charge in [-0.2, -0.15) is 0 Å². The highest BCUT2D eigenvalue weighted by Crippen LogP contribution is 2.45. The van der Waals surface area contributed by atoms with Gasteiger partial charge in [-0.15, -0.1) is 0 Å². The molecule has 654 valence electrons. The summed E-state index contributed by atoms with van der Waals surface area (Å²) < 4.78 is 69.0. The molecule has 0 aliphatic rings. The fourth-order valence-electron chi connectivity index (χ4n) is 14.2. The van der Waals surface area contributed by atoms with Crippen LogP contribution >= 0.6 is 15.6 Å². The molecular formula is C91H178O17P2. The molecule has 19 heteroatoms. The molecule has 4 unspecified atom stereocenters. The number of ether oxygens (including phenoxy) is 4. The zero-order chi connectivity index (χ0) is 80.9. The molecule has 0 aliphatic heterocycles. The lowest BCUT2D eigenvalue weighted by Crippen LogP contribution is -2.30. The minimum Gasteiger partial charge on any atom is -0.462 e. The third-order valence-electron chi connectivity index (χ3n) is 21.7. The molecule has 6 atom stereocenters. The molecule has 0 saturated carbocycles. The third kappa shape index (κ3) is 82.6. The van der Waals surface area contributed by atoms with Crippen LogP contribution in [0.1, 0.15) is 479 Å². The van der Waals surface area contributed by atoms with E-state index in [1.807, 2.05) is 0 Å². The summed E-state index contributed by atoms with van der Waals surface area (Å²) in [5.41, 5.74) is 0. The smallest absolute Gasteiger partial charge is 0.462 e. The topological polar surface area (TPSA) is 237 Å². The van der Waals surface area contributed by atoms with Crippen molar-refractivity contribution in [3.63, 3.8) is 0 Å². The predicted molar refractivity (Wildman–Crippen MR) is 455 cm³/mol. The first-order valence-corrected chi connectivity index (χ1v) is 49.7. The van der Waals surface area contributed by atoms with E-state index in [0.717, 1.165) is 114 Å². The van der Waals surface area contributed by atoms with Crippen LogP contribution in [0.5, 0.6) is 0 Å². The number of carbonyl (C=O) groups excluding carboxylic acids is 4. The van der Waals surface area contributed by atoms with Gasteiger partial charge in [0.25, 0.3) is 0 Å². The average molecular weight is 1610 g/mol. The minimum absolute atomic E-state index is 0.107. The van der Waals surface area contributed by atoms with Gasteiger partial charge in [0.15, 0.2) is 12.2 Å². The van der Waals surface area contributed by atoms with Crippen LogP contribution in [-0.2, 0) is 65.4 Å². The second-order valence-electron chi connectivity index (χ2n) is 34.4. The maximum atomic E-state index is 13.2. The Morgan fingerprint density at radius 2 is 0.436 bits per heavy atom. The summed E-state index contributed by atoms with van der Waals surface area (Å²) in [5, 5.41) is 10.7. The van der Waals surface area contributed by atoms with Crippen LogP contribution in [0.4, 0.5) is 0 Å². The molecule has 0 amide bonds. The lowest BCUT2D eigenvalue weighted by molar-refractivity contribution is -0.161. The van der Waals surface area contributed by atoms with Crippen LogP contribution in [0.15, 0.2) is 0 Å². The van der Waals surface area contributed by atoms with Crippen LogP contribution in [-0.4, -0.2) is 96.7 Å². The van der Waals surface area contributed by atoms with Crippen LogP contribution in [0, 0.1) is 23.7 Å². The van der Waals surface area contributed by atoms with Crippen molar-refractivity contribution in [2.45, 2.75) is 497 Å². The van der Waals surface area contributed by atoms with Crippen LogP contribution in [0.25, 0.3) is 0 Å². The van der Waals surface area contributed by atoms with Gasteiger partial charge >= 0.3 is 39.5 Å². The second-order valence-corrected chi connectivity index (χ2v) is 37.3. The summed E-state index contributed by atoms with van der Waals surface area (Å²) >= 11 is 0. The standard InChI is InChI=1S/C91H178O17P2/c1-9-84(8)70-62-54-46-38-32-26-19-15-11-13-16-20-27-33-39-47-55-63-71-88(93)101-77-86(107-90(95)74-66-58-49-41-35-29-23-22-25-31-37-44-52-60-68-82(4)5)79-105-109(97,98)103-75-85(92)76-104-110(99,100)106-80-87(78-102-89(94)72-64-56-50-42-45-53-61-69-83(6)7)108-91(96)73-65-57-48-40-34-28-21-17-12-10-14-18-24-30-36-43-51-59-67-81(2)3/h81-87,92H,9-80H2,1-8H3,(H,97,98)(H,99,100)/t84?,85?,86-,87-/m1/s1. The van der Waals surface area contributed by atoms with Crippen LogP contribution < -0.4 is 0 Å². The Morgan fingerprint density at radius 3 is 0.645 bits per heavy atom. The molecule has 0 bridgehead atoms. The summed E-state index contributed by atoms with van der Waals surface area (Å²) in [7, 11) is -9.94. The number of aliphatic hydroxyl groups excluding tert-OH is 1. The molecule has 0 rings (SSSR count). The molecule has 0 radical (unpaired) electrons. The average Bonchev–Trinajstić information content (AvgIpc) is 0.900. The molecule has 0 spiro atoms. The summed E-state index contributed by atoms with van der Waals surface area (Å²) in [4.78, 5) is 73.4. The van der Waals surface area contributed by atoms with Crippen molar-refractivity contribution < 1.29 is 80.2 Å². The van der Waals surface area contributed by atoms with Gasteiger partial charge in [-0.25, -0.2) is 9.13 Å². The monoisotopic (exact) mass is 1610 g/mol. The third-order valence-corrected chi connectivity index (χ3v) is 23.6. The number of carbonyl (C=O) groups is 4. The number of hydrogen-bond acceptors (Lipinski definition) is 15. The van der Waals surface area contributed by atoms with Crippen molar-refractivity contribution in [2.75, 3.05) is 39.6 Å². The Hall–Kier alpha value is -1.94. The number of aliphatic hydroxyl groups is 1. The summed E-state index contributed by atoms with van der Waals surface area (Å²) in [5.74, 6) is 1.09. The molecule has 0 heterocycles. The molecule has 0 aromatic heterocycles.